The van der Waals surface area contributed by atoms with Gasteiger partial charge in [0.25, 0.3) is 0 Å². The van der Waals surface area contributed by atoms with Crippen molar-refractivity contribution in [1.82, 2.24) is 24.5 Å². The summed E-state index contributed by atoms with van der Waals surface area (Å²) in [6, 6.07) is 1.89. The van der Waals surface area contributed by atoms with Gasteiger partial charge in [-0.25, -0.2) is 0 Å². The highest BCUT2D eigenvalue weighted by atomic mass is 16.2. The molecule has 6 nitrogen and oxygen atoms in total. The lowest BCUT2D eigenvalue weighted by Crippen LogP contribution is -2.30. The topological polar surface area (TPSA) is 56.0 Å². The monoisotopic (exact) mass is 261 g/mol. The van der Waals surface area contributed by atoms with Gasteiger partial charge in [-0.2, -0.15) is 10.2 Å². The molecule has 2 aromatic rings. The third kappa shape index (κ3) is 2.83. The molecule has 6 heteroatoms. The summed E-state index contributed by atoms with van der Waals surface area (Å²) >= 11 is 0. The molecule has 19 heavy (non-hydrogen) atoms. The van der Waals surface area contributed by atoms with Crippen molar-refractivity contribution in [2.75, 3.05) is 7.05 Å². The molecule has 0 aromatic carbocycles. The van der Waals surface area contributed by atoms with Crippen molar-refractivity contribution in [3.63, 3.8) is 0 Å². The Bertz CT molecular complexity index is 584. The number of aromatic nitrogens is 4. The Balaban J connectivity index is 2.00. The Morgan fingerprint density at radius 3 is 2.63 bits per heavy atom. The molecular weight excluding hydrogens is 242 g/mol. The summed E-state index contributed by atoms with van der Waals surface area (Å²) in [5, 5.41) is 8.30. The van der Waals surface area contributed by atoms with Crippen LogP contribution in [0.25, 0.3) is 0 Å². The van der Waals surface area contributed by atoms with Crippen LogP contribution >= 0.6 is 0 Å². The second-order valence-corrected chi connectivity index (χ2v) is 4.76. The summed E-state index contributed by atoms with van der Waals surface area (Å²) in [6.07, 6.45) is 3.51. The minimum absolute atomic E-state index is 0.0371. The SMILES string of the molecule is Cc1c(CN(C)C(=O)Cn2nccc2C)cnn1C. The van der Waals surface area contributed by atoms with E-state index in [1.165, 1.54) is 0 Å². The van der Waals surface area contributed by atoms with Crippen molar-refractivity contribution in [2.45, 2.75) is 26.9 Å². The van der Waals surface area contributed by atoms with Crippen LogP contribution in [-0.2, 0) is 24.9 Å². The molecular formula is C13H19N5O. The van der Waals surface area contributed by atoms with Gasteiger partial charge in [0, 0.05) is 43.8 Å². The molecule has 0 radical (unpaired) electrons. The molecule has 1 amide bonds. The lowest BCUT2D eigenvalue weighted by atomic mass is 10.2. The molecule has 0 bridgehead atoms. The van der Waals surface area contributed by atoms with Gasteiger partial charge in [-0.3, -0.25) is 14.2 Å². The Morgan fingerprint density at radius 1 is 1.37 bits per heavy atom. The normalized spacial score (nSPS) is 10.7. The van der Waals surface area contributed by atoms with Crippen molar-refractivity contribution < 1.29 is 4.79 Å². The van der Waals surface area contributed by atoms with Gasteiger partial charge in [-0.05, 0) is 19.9 Å². The lowest BCUT2D eigenvalue weighted by Gasteiger charge is -2.17. The number of likely N-dealkylation sites (N-methyl/N-ethyl adjacent to an activating group) is 1. The smallest absolute Gasteiger partial charge is 0.244 e. The molecule has 2 rings (SSSR count). The van der Waals surface area contributed by atoms with E-state index < -0.39 is 0 Å². The van der Waals surface area contributed by atoms with Crippen molar-refractivity contribution in [2.24, 2.45) is 7.05 Å². The average Bonchev–Trinajstić information content (AvgIpc) is 2.90. The molecule has 0 spiro atoms. The van der Waals surface area contributed by atoms with Crippen LogP contribution in [0.5, 0.6) is 0 Å². The first-order valence-corrected chi connectivity index (χ1v) is 6.19. The van der Waals surface area contributed by atoms with Crippen LogP contribution in [-0.4, -0.2) is 37.4 Å². The van der Waals surface area contributed by atoms with E-state index in [0.29, 0.717) is 6.54 Å². The van der Waals surface area contributed by atoms with Crippen LogP contribution in [0.4, 0.5) is 0 Å². The highest BCUT2D eigenvalue weighted by Crippen LogP contribution is 2.09. The van der Waals surface area contributed by atoms with Crippen LogP contribution in [0.15, 0.2) is 18.5 Å². The molecule has 0 fully saturated rings. The predicted octanol–water partition coefficient (Wildman–Crippen LogP) is 0.892. The molecule has 0 saturated carbocycles. The fourth-order valence-corrected chi connectivity index (χ4v) is 1.86. The van der Waals surface area contributed by atoms with Crippen LogP contribution in [0.3, 0.4) is 0 Å². The molecule has 0 aliphatic rings. The number of carbonyl (C=O) groups is 1. The van der Waals surface area contributed by atoms with Crippen molar-refractivity contribution >= 4 is 5.91 Å². The number of hydrogen-bond acceptors (Lipinski definition) is 3. The minimum Gasteiger partial charge on any atom is -0.340 e. The van der Waals surface area contributed by atoms with Crippen molar-refractivity contribution in [3.8, 4) is 0 Å². The first-order valence-electron chi connectivity index (χ1n) is 6.19. The molecule has 0 atom stereocenters. The first kappa shape index (κ1) is 13.3. The number of carbonyl (C=O) groups excluding carboxylic acids is 1. The average molecular weight is 261 g/mol. The van der Waals surface area contributed by atoms with Crippen LogP contribution in [0.2, 0.25) is 0 Å². The first-order chi connectivity index (χ1) is 8.99. The van der Waals surface area contributed by atoms with Gasteiger partial charge < -0.3 is 4.90 Å². The van der Waals surface area contributed by atoms with Gasteiger partial charge in [0.15, 0.2) is 0 Å². The highest BCUT2D eigenvalue weighted by molar-refractivity contribution is 5.75. The van der Waals surface area contributed by atoms with E-state index in [0.717, 1.165) is 17.0 Å². The lowest BCUT2D eigenvalue weighted by molar-refractivity contribution is -0.131. The Morgan fingerprint density at radius 2 is 2.11 bits per heavy atom. The number of aryl methyl sites for hydroxylation is 2. The highest BCUT2D eigenvalue weighted by Gasteiger charge is 2.13. The summed E-state index contributed by atoms with van der Waals surface area (Å²) in [6.45, 7) is 4.78. The fraction of sp³-hybridized carbons (Fsp3) is 0.462. The largest absolute Gasteiger partial charge is 0.340 e. The zero-order valence-corrected chi connectivity index (χ0v) is 11.8. The van der Waals surface area contributed by atoms with E-state index in [4.69, 9.17) is 0 Å². The number of rotatable bonds is 4. The van der Waals surface area contributed by atoms with E-state index in [9.17, 15) is 4.79 Å². The maximum Gasteiger partial charge on any atom is 0.244 e. The minimum atomic E-state index is 0.0371. The fourth-order valence-electron chi connectivity index (χ4n) is 1.86. The van der Waals surface area contributed by atoms with Crippen LogP contribution < -0.4 is 0 Å². The van der Waals surface area contributed by atoms with E-state index in [-0.39, 0.29) is 12.5 Å². The van der Waals surface area contributed by atoms with Gasteiger partial charge >= 0.3 is 0 Å². The maximum absolute atomic E-state index is 12.1. The summed E-state index contributed by atoms with van der Waals surface area (Å²) in [4.78, 5) is 13.8. The molecule has 2 heterocycles. The van der Waals surface area contributed by atoms with Gasteiger partial charge in [-0.1, -0.05) is 0 Å². The van der Waals surface area contributed by atoms with Gasteiger partial charge in [0.1, 0.15) is 6.54 Å². The zero-order valence-electron chi connectivity index (χ0n) is 11.8. The summed E-state index contributed by atoms with van der Waals surface area (Å²) in [7, 11) is 3.70. The second kappa shape index (κ2) is 5.26. The zero-order chi connectivity index (χ0) is 14.0. The molecule has 0 aliphatic heterocycles. The summed E-state index contributed by atoms with van der Waals surface area (Å²) in [5.74, 6) is 0.0371. The quantitative estimate of drug-likeness (QED) is 0.821. The molecule has 0 aliphatic carbocycles. The van der Waals surface area contributed by atoms with Crippen LogP contribution in [0.1, 0.15) is 17.0 Å². The number of nitrogens with zero attached hydrogens (tertiary/aromatic N) is 5. The molecule has 0 saturated heterocycles. The van der Waals surface area contributed by atoms with E-state index >= 15 is 0 Å². The molecule has 102 valence electrons. The van der Waals surface area contributed by atoms with Crippen molar-refractivity contribution in [1.29, 1.82) is 0 Å². The Labute approximate surface area is 112 Å². The van der Waals surface area contributed by atoms with Gasteiger partial charge in [0.2, 0.25) is 5.91 Å². The predicted molar refractivity (Wildman–Crippen MR) is 71.4 cm³/mol. The number of amides is 1. The third-order valence-electron chi connectivity index (χ3n) is 3.38. The van der Waals surface area contributed by atoms with E-state index in [1.807, 2.05) is 31.6 Å². The molecule has 2 aromatic heterocycles. The van der Waals surface area contributed by atoms with E-state index in [2.05, 4.69) is 10.2 Å². The Kier molecular flexibility index (Phi) is 3.69. The Hall–Kier alpha value is -2.11. The summed E-state index contributed by atoms with van der Waals surface area (Å²) < 4.78 is 3.51. The molecule has 0 N–H and O–H groups in total. The second-order valence-electron chi connectivity index (χ2n) is 4.76. The third-order valence-corrected chi connectivity index (χ3v) is 3.38. The molecule has 0 unspecified atom stereocenters. The maximum atomic E-state index is 12.1. The van der Waals surface area contributed by atoms with Crippen LogP contribution in [0, 0.1) is 13.8 Å². The van der Waals surface area contributed by atoms with Crippen molar-refractivity contribution in [3.05, 3.63) is 35.4 Å². The van der Waals surface area contributed by atoms with E-state index in [1.54, 1.807) is 29.0 Å². The summed E-state index contributed by atoms with van der Waals surface area (Å²) in [5.41, 5.74) is 3.13. The van der Waals surface area contributed by atoms with Gasteiger partial charge in [0.05, 0.1) is 6.20 Å². The van der Waals surface area contributed by atoms with Gasteiger partial charge in [-0.15, -0.1) is 0 Å². The number of hydrogen-bond donors (Lipinski definition) is 0. The standard InChI is InChI=1S/C13H19N5O/c1-10-5-6-14-18(10)9-13(19)16(3)8-12-7-15-17(4)11(12)2/h5-7H,8-9H2,1-4H3.